The summed E-state index contributed by atoms with van der Waals surface area (Å²) in [6, 6.07) is 14.2. The van der Waals surface area contributed by atoms with Gasteiger partial charge in [0.15, 0.2) is 11.2 Å². The molecular formula is C21H18N4OS. The summed E-state index contributed by atoms with van der Waals surface area (Å²) in [5, 5.41) is 18.3. The zero-order chi connectivity index (χ0) is 18.4. The van der Waals surface area contributed by atoms with Gasteiger partial charge in [0, 0.05) is 22.2 Å². The molecule has 4 heterocycles. The SMILES string of the molecule is Cc1cccc(Nc2nc(-c3ccc(C4=CC=C[N+]5([O-])CC45)cc3)cs2)n1. The van der Waals surface area contributed by atoms with E-state index in [9.17, 15) is 5.21 Å². The molecule has 1 fully saturated rings. The molecule has 27 heavy (non-hydrogen) atoms. The number of hydrogen-bond donors (Lipinski definition) is 1. The van der Waals surface area contributed by atoms with Gasteiger partial charge in [-0.25, -0.2) is 9.97 Å². The minimum absolute atomic E-state index is 0.0674. The van der Waals surface area contributed by atoms with Gasteiger partial charge >= 0.3 is 0 Å². The molecule has 0 radical (unpaired) electrons. The molecule has 2 unspecified atom stereocenters. The summed E-state index contributed by atoms with van der Waals surface area (Å²) < 4.78 is -0.207. The van der Waals surface area contributed by atoms with Crippen molar-refractivity contribution in [1.82, 2.24) is 9.97 Å². The van der Waals surface area contributed by atoms with E-state index in [4.69, 9.17) is 0 Å². The highest BCUT2D eigenvalue weighted by atomic mass is 32.1. The highest BCUT2D eigenvalue weighted by Gasteiger charge is 2.50. The van der Waals surface area contributed by atoms with Gasteiger partial charge in [-0.1, -0.05) is 30.3 Å². The Morgan fingerprint density at radius 1 is 1.11 bits per heavy atom. The number of pyridine rings is 1. The fourth-order valence-electron chi connectivity index (χ4n) is 3.43. The lowest BCUT2D eigenvalue weighted by atomic mass is 9.99. The van der Waals surface area contributed by atoms with Gasteiger partial charge in [0.25, 0.3) is 0 Å². The van der Waals surface area contributed by atoms with Gasteiger partial charge < -0.3 is 15.2 Å². The van der Waals surface area contributed by atoms with Crippen molar-refractivity contribution in [3.8, 4) is 11.3 Å². The first-order valence-electron chi connectivity index (χ1n) is 8.86. The summed E-state index contributed by atoms with van der Waals surface area (Å²) in [5.74, 6) is 0.798. The molecule has 1 saturated heterocycles. The average molecular weight is 374 g/mol. The number of anilines is 2. The number of rotatable bonds is 4. The van der Waals surface area contributed by atoms with Gasteiger partial charge in [0.2, 0.25) is 0 Å². The van der Waals surface area contributed by atoms with Crippen LogP contribution in [0.4, 0.5) is 10.9 Å². The van der Waals surface area contributed by atoms with Crippen LogP contribution >= 0.6 is 11.3 Å². The van der Waals surface area contributed by atoms with E-state index >= 15 is 0 Å². The second-order valence-electron chi connectivity index (χ2n) is 6.92. The summed E-state index contributed by atoms with van der Waals surface area (Å²) in [5.41, 5.74) is 5.20. The summed E-state index contributed by atoms with van der Waals surface area (Å²) in [6.45, 7) is 2.62. The van der Waals surface area contributed by atoms with Crippen molar-refractivity contribution in [1.29, 1.82) is 0 Å². The zero-order valence-corrected chi connectivity index (χ0v) is 15.6. The van der Waals surface area contributed by atoms with Crippen LogP contribution in [-0.4, -0.2) is 27.2 Å². The number of hydroxylamine groups is 3. The molecule has 2 aliphatic rings. The molecule has 0 bridgehead atoms. The standard InChI is InChI=1S/C21H18N4OS/c1-14-4-2-6-20(22-14)24-21-23-18(13-27-21)16-9-7-15(8-10-16)17-5-3-11-25(26)12-19(17)25/h2-11,13,19H,12H2,1H3,(H,22,23,24). The number of thiazole rings is 1. The molecule has 2 aromatic heterocycles. The first-order chi connectivity index (χ1) is 13.1. The normalized spacial score (nSPS) is 22.9. The molecule has 5 nitrogen and oxygen atoms in total. The quantitative estimate of drug-likeness (QED) is 0.402. The van der Waals surface area contributed by atoms with Gasteiger partial charge in [-0.15, -0.1) is 11.3 Å². The number of allylic oxidation sites excluding steroid dienone is 2. The minimum Gasteiger partial charge on any atom is -0.627 e. The summed E-state index contributed by atoms with van der Waals surface area (Å²) in [7, 11) is 0. The number of nitrogens with one attached hydrogen (secondary N) is 1. The fourth-order valence-corrected chi connectivity index (χ4v) is 4.16. The van der Waals surface area contributed by atoms with Crippen LogP contribution in [0.15, 0.2) is 66.2 Å². The van der Waals surface area contributed by atoms with Crippen LogP contribution in [0.1, 0.15) is 11.3 Å². The smallest absolute Gasteiger partial charge is 0.188 e. The number of nitrogens with zero attached hydrogens (tertiary/aromatic N) is 3. The van der Waals surface area contributed by atoms with Crippen molar-refractivity contribution in [2.45, 2.75) is 13.0 Å². The van der Waals surface area contributed by atoms with E-state index in [1.54, 1.807) is 17.5 Å². The Morgan fingerprint density at radius 2 is 1.93 bits per heavy atom. The largest absolute Gasteiger partial charge is 0.627 e. The maximum atomic E-state index is 12.2. The van der Waals surface area contributed by atoms with E-state index in [2.05, 4.69) is 45.6 Å². The summed E-state index contributed by atoms with van der Waals surface area (Å²) in [4.78, 5) is 9.12. The minimum atomic E-state index is -0.207. The highest BCUT2D eigenvalue weighted by molar-refractivity contribution is 7.14. The summed E-state index contributed by atoms with van der Waals surface area (Å²) >= 11 is 1.56. The molecule has 0 aliphatic carbocycles. The van der Waals surface area contributed by atoms with Crippen LogP contribution in [0, 0.1) is 12.1 Å². The second kappa shape index (κ2) is 6.13. The van der Waals surface area contributed by atoms with E-state index in [-0.39, 0.29) is 10.7 Å². The van der Waals surface area contributed by atoms with Crippen LogP contribution in [-0.2, 0) is 0 Å². The van der Waals surface area contributed by atoms with Crippen molar-refractivity contribution in [3.05, 3.63) is 82.7 Å². The number of aromatic nitrogens is 2. The van der Waals surface area contributed by atoms with E-state index in [0.717, 1.165) is 39.0 Å². The van der Waals surface area contributed by atoms with E-state index in [1.807, 2.05) is 36.6 Å². The van der Waals surface area contributed by atoms with Crippen LogP contribution < -0.4 is 5.32 Å². The van der Waals surface area contributed by atoms with Gasteiger partial charge in [-0.05, 0) is 36.8 Å². The van der Waals surface area contributed by atoms with Gasteiger partial charge in [-0.2, -0.15) is 0 Å². The van der Waals surface area contributed by atoms with E-state index < -0.39 is 0 Å². The molecule has 134 valence electrons. The first kappa shape index (κ1) is 16.4. The number of benzene rings is 1. The molecule has 2 atom stereocenters. The molecule has 2 aliphatic heterocycles. The Labute approximate surface area is 161 Å². The molecule has 3 aromatic rings. The van der Waals surface area contributed by atoms with Crippen molar-refractivity contribution in [2.24, 2.45) is 0 Å². The second-order valence-corrected chi connectivity index (χ2v) is 7.78. The van der Waals surface area contributed by atoms with Crippen molar-refractivity contribution in [3.63, 3.8) is 0 Å². The fraction of sp³-hybridized carbons (Fsp3) is 0.143. The van der Waals surface area contributed by atoms with E-state index in [1.165, 1.54) is 0 Å². The van der Waals surface area contributed by atoms with Crippen molar-refractivity contribution in [2.75, 3.05) is 11.9 Å². The average Bonchev–Trinajstić information content (AvgIpc) is 3.16. The number of quaternary nitrogens is 1. The van der Waals surface area contributed by atoms with Crippen LogP contribution in [0.2, 0.25) is 0 Å². The number of fused-ring (bicyclic) bond motifs is 1. The lowest BCUT2D eigenvalue weighted by molar-refractivity contribution is -0.694. The zero-order valence-electron chi connectivity index (χ0n) is 14.8. The predicted octanol–water partition coefficient (Wildman–Crippen LogP) is 4.86. The Bertz CT molecular complexity index is 1070. The molecule has 5 rings (SSSR count). The van der Waals surface area contributed by atoms with Gasteiger partial charge in [-0.3, -0.25) is 0 Å². The lowest BCUT2D eigenvalue weighted by Crippen LogP contribution is -2.15. The van der Waals surface area contributed by atoms with Crippen LogP contribution in [0.3, 0.4) is 0 Å². The molecule has 0 saturated carbocycles. The van der Waals surface area contributed by atoms with Gasteiger partial charge in [0.05, 0.1) is 11.9 Å². The lowest BCUT2D eigenvalue weighted by Gasteiger charge is -2.21. The third kappa shape index (κ3) is 3.08. The third-order valence-corrected chi connectivity index (χ3v) is 5.72. The molecule has 0 spiro atoms. The Balaban J connectivity index is 1.35. The van der Waals surface area contributed by atoms with Crippen LogP contribution in [0.5, 0.6) is 0 Å². The monoisotopic (exact) mass is 374 g/mol. The molecule has 1 N–H and O–H groups in total. The predicted molar refractivity (Wildman–Crippen MR) is 109 cm³/mol. The Kier molecular flexibility index (Phi) is 3.72. The molecular weight excluding hydrogens is 356 g/mol. The number of aryl methyl sites for hydroxylation is 1. The third-order valence-electron chi connectivity index (χ3n) is 4.97. The van der Waals surface area contributed by atoms with Gasteiger partial charge in [0.1, 0.15) is 12.4 Å². The highest BCUT2D eigenvalue weighted by Crippen LogP contribution is 2.43. The first-order valence-corrected chi connectivity index (χ1v) is 9.74. The topological polar surface area (TPSA) is 60.9 Å². The molecule has 6 heteroatoms. The van der Waals surface area contributed by atoms with Crippen molar-refractivity contribution >= 4 is 27.9 Å². The van der Waals surface area contributed by atoms with Crippen molar-refractivity contribution < 1.29 is 4.65 Å². The molecule has 1 aromatic carbocycles. The van der Waals surface area contributed by atoms with Crippen LogP contribution in [0.25, 0.3) is 16.8 Å². The number of hydrogen-bond acceptors (Lipinski definition) is 5. The maximum Gasteiger partial charge on any atom is 0.188 e. The van der Waals surface area contributed by atoms with E-state index in [0.29, 0.717) is 6.54 Å². The maximum absolute atomic E-state index is 12.2. The Morgan fingerprint density at radius 3 is 2.74 bits per heavy atom. The Hall–Kier alpha value is -2.80. The summed E-state index contributed by atoms with van der Waals surface area (Å²) in [6.07, 6.45) is 5.66. The molecule has 0 amide bonds.